The summed E-state index contributed by atoms with van der Waals surface area (Å²) < 4.78 is 0. The van der Waals surface area contributed by atoms with Crippen molar-refractivity contribution in [2.75, 3.05) is 18.5 Å². The second-order valence-electron chi connectivity index (χ2n) is 10.5. The molecule has 2 atom stereocenters. The minimum atomic E-state index is -0.430. The molecule has 0 bridgehead atoms. The predicted molar refractivity (Wildman–Crippen MR) is 180 cm³/mol. The van der Waals surface area contributed by atoms with E-state index in [0.29, 0.717) is 29.9 Å². The highest BCUT2D eigenvalue weighted by Gasteiger charge is 2.23. The van der Waals surface area contributed by atoms with Crippen molar-refractivity contribution in [1.82, 2.24) is 10.6 Å². The Morgan fingerprint density at radius 1 is 1.17 bits per heavy atom. The number of halogens is 1. The summed E-state index contributed by atoms with van der Waals surface area (Å²) in [6, 6.07) is 12.0. The van der Waals surface area contributed by atoms with Gasteiger partial charge in [-0.05, 0) is 74.7 Å². The Bertz CT molecular complexity index is 1320. The number of amidine groups is 1. The second kappa shape index (κ2) is 16.6. The molecule has 0 aliphatic carbocycles. The van der Waals surface area contributed by atoms with Crippen LogP contribution in [0, 0.1) is 19.3 Å². The minimum absolute atomic E-state index is 0.394. The van der Waals surface area contributed by atoms with Gasteiger partial charge in [-0.1, -0.05) is 81.3 Å². The number of nitrogens with zero attached hydrogens (tertiary/aromatic N) is 2. The fourth-order valence-corrected chi connectivity index (χ4v) is 4.94. The topological polar surface area (TPSA) is 84.7 Å². The largest absolute Gasteiger partial charge is 0.381 e. The number of aliphatic imine (C=N–C) groups is 2. The van der Waals surface area contributed by atoms with Gasteiger partial charge >= 0.3 is 0 Å². The summed E-state index contributed by atoms with van der Waals surface area (Å²) in [4.78, 5) is 9.28. The van der Waals surface area contributed by atoms with Gasteiger partial charge in [0.15, 0.2) is 0 Å². The summed E-state index contributed by atoms with van der Waals surface area (Å²) in [5.41, 5.74) is 8.90. The maximum atomic E-state index is 7.60. The number of benzene rings is 2. The summed E-state index contributed by atoms with van der Waals surface area (Å²) >= 11 is 6.65. The van der Waals surface area contributed by atoms with Gasteiger partial charge in [-0.25, -0.2) is 0 Å². The van der Waals surface area contributed by atoms with E-state index >= 15 is 0 Å². The number of anilines is 1. The summed E-state index contributed by atoms with van der Waals surface area (Å²) in [5, 5.41) is 18.5. The van der Waals surface area contributed by atoms with Crippen LogP contribution in [0.4, 0.5) is 5.69 Å². The molecule has 6 nitrogen and oxygen atoms in total. The van der Waals surface area contributed by atoms with Crippen LogP contribution in [0.2, 0.25) is 5.02 Å². The molecule has 0 amide bonds. The summed E-state index contributed by atoms with van der Waals surface area (Å²) in [6.07, 6.45) is 5.34. The Morgan fingerprint density at radius 2 is 1.83 bits per heavy atom. The van der Waals surface area contributed by atoms with Gasteiger partial charge in [0.25, 0.3) is 0 Å². The summed E-state index contributed by atoms with van der Waals surface area (Å²) in [7, 11) is 0. The Hall–Kier alpha value is -3.64. The SMILES string of the molecule is C=NC(/C(C(=C)NC/C(C=N)=C/C)=C(/C)NC/N=C1/CC(C)c2cc(C)ccc2N1)c1ccc(C)cc1Cl.CCC. The van der Waals surface area contributed by atoms with Crippen molar-refractivity contribution >= 4 is 36.1 Å². The third-order valence-corrected chi connectivity index (χ3v) is 7.16. The van der Waals surface area contributed by atoms with E-state index in [2.05, 4.69) is 80.1 Å². The molecule has 0 saturated carbocycles. The van der Waals surface area contributed by atoms with Crippen LogP contribution < -0.4 is 16.0 Å². The van der Waals surface area contributed by atoms with Crippen LogP contribution in [0.15, 0.2) is 81.6 Å². The highest BCUT2D eigenvalue weighted by Crippen LogP contribution is 2.36. The molecule has 1 aliphatic heterocycles. The Balaban J connectivity index is 0.00000187. The van der Waals surface area contributed by atoms with Crippen LogP contribution in [0.3, 0.4) is 0 Å². The smallest absolute Gasteiger partial charge is 0.109 e. The molecule has 0 fully saturated rings. The summed E-state index contributed by atoms with van der Waals surface area (Å²) in [5.74, 6) is 1.35. The molecule has 0 radical (unpaired) electrons. The Morgan fingerprint density at radius 3 is 2.44 bits per heavy atom. The van der Waals surface area contributed by atoms with E-state index in [9.17, 15) is 0 Å². The van der Waals surface area contributed by atoms with E-state index in [1.165, 1.54) is 23.8 Å². The van der Waals surface area contributed by atoms with Crippen molar-refractivity contribution in [1.29, 1.82) is 5.41 Å². The second-order valence-corrected chi connectivity index (χ2v) is 10.9. The molecule has 0 saturated heterocycles. The van der Waals surface area contributed by atoms with E-state index < -0.39 is 6.04 Å². The standard InChI is InChI=1S/C31H39ClN6.C3H8/c1-8-24(16-33)17-35-22(5)30(31(34-7)25-11-9-20(3)14-27(25)32)23(6)36-18-37-29-15-21(4)26-13-19(2)10-12-28(26)38-29;1-3-2/h8-14,16,21,31,33,35-36H,5,7,15,17-18H2,1-4,6H3,(H,37,38);3H2,1-2H3/b24-8+,30-23-,33-16?;. The van der Waals surface area contributed by atoms with Crippen LogP contribution in [-0.2, 0) is 0 Å². The number of nitrogens with one attached hydrogen (secondary N) is 4. The first-order chi connectivity index (χ1) is 19.6. The maximum absolute atomic E-state index is 7.60. The molecule has 3 rings (SSSR count). The molecular weight excluding hydrogens is 528 g/mol. The average Bonchev–Trinajstić information content (AvgIpc) is 2.93. The third-order valence-electron chi connectivity index (χ3n) is 6.83. The normalized spacial score (nSPS) is 16.7. The van der Waals surface area contributed by atoms with Gasteiger partial charge in [-0.2, -0.15) is 0 Å². The van der Waals surface area contributed by atoms with Gasteiger partial charge < -0.3 is 21.4 Å². The van der Waals surface area contributed by atoms with Crippen LogP contribution in [-0.4, -0.2) is 32.0 Å². The first-order valence-corrected chi connectivity index (χ1v) is 14.6. The van der Waals surface area contributed by atoms with Crippen molar-refractivity contribution in [3.05, 3.63) is 98.9 Å². The lowest BCUT2D eigenvalue weighted by Gasteiger charge is -2.26. The predicted octanol–water partition coefficient (Wildman–Crippen LogP) is 8.65. The first kappa shape index (κ1) is 33.6. The lowest BCUT2D eigenvalue weighted by molar-refractivity contribution is 0.738. The fourth-order valence-electron chi connectivity index (χ4n) is 4.60. The molecule has 2 aromatic rings. The monoisotopic (exact) mass is 574 g/mol. The van der Waals surface area contributed by atoms with E-state index in [-0.39, 0.29) is 0 Å². The van der Waals surface area contributed by atoms with Gasteiger partial charge in [-0.15, -0.1) is 0 Å². The van der Waals surface area contributed by atoms with Crippen LogP contribution in [0.5, 0.6) is 0 Å². The summed E-state index contributed by atoms with van der Waals surface area (Å²) in [6.45, 7) is 23.6. The lowest BCUT2D eigenvalue weighted by Crippen LogP contribution is -2.26. The minimum Gasteiger partial charge on any atom is -0.381 e. The zero-order valence-corrected chi connectivity index (χ0v) is 26.5. The van der Waals surface area contributed by atoms with Gasteiger partial charge in [-0.3, -0.25) is 9.98 Å². The molecular formula is C34H47ClN6. The van der Waals surface area contributed by atoms with Crippen LogP contribution >= 0.6 is 11.6 Å². The highest BCUT2D eigenvalue weighted by molar-refractivity contribution is 6.31. The fraction of sp³-hybridized carbons (Fsp3) is 0.382. The van der Waals surface area contributed by atoms with E-state index in [1.807, 2.05) is 45.0 Å². The molecule has 2 unspecified atom stereocenters. The van der Waals surface area contributed by atoms with Gasteiger partial charge in [0, 0.05) is 46.9 Å². The van der Waals surface area contributed by atoms with Crippen molar-refractivity contribution < 1.29 is 0 Å². The van der Waals surface area contributed by atoms with Crippen LogP contribution in [0.1, 0.15) is 81.7 Å². The van der Waals surface area contributed by atoms with Crippen LogP contribution in [0.25, 0.3) is 0 Å². The molecule has 0 spiro atoms. The molecule has 2 aromatic carbocycles. The first-order valence-electron chi connectivity index (χ1n) is 14.3. The molecule has 0 aromatic heterocycles. The van der Waals surface area contributed by atoms with E-state index in [0.717, 1.165) is 45.9 Å². The highest BCUT2D eigenvalue weighted by atomic mass is 35.5. The van der Waals surface area contributed by atoms with Gasteiger partial charge in [0.05, 0.1) is 0 Å². The van der Waals surface area contributed by atoms with Crippen molar-refractivity contribution in [3.63, 3.8) is 0 Å². The van der Waals surface area contributed by atoms with Crippen molar-refractivity contribution in [2.45, 2.75) is 73.3 Å². The quantitative estimate of drug-likeness (QED) is 0.160. The maximum Gasteiger partial charge on any atom is 0.109 e. The Kier molecular flexibility index (Phi) is 13.6. The number of fused-ring (bicyclic) bond motifs is 1. The molecule has 1 aliphatic rings. The molecule has 220 valence electrons. The van der Waals surface area contributed by atoms with Gasteiger partial charge in [0.1, 0.15) is 18.5 Å². The number of hydrogen-bond donors (Lipinski definition) is 4. The number of aryl methyl sites for hydroxylation is 2. The van der Waals surface area contributed by atoms with Crippen molar-refractivity contribution in [2.24, 2.45) is 9.98 Å². The zero-order chi connectivity index (χ0) is 30.5. The van der Waals surface area contributed by atoms with E-state index in [4.69, 9.17) is 22.0 Å². The number of allylic oxidation sites excluding steroid dienone is 2. The van der Waals surface area contributed by atoms with Crippen molar-refractivity contribution in [3.8, 4) is 0 Å². The molecule has 4 N–H and O–H groups in total. The molecule has 41 heavy (non-hydrogen) atoms. The number of hydrogen-bond acceptors (Lipinski definition) is 5. The third kappa shape index (κ3) is 9.46. The molecule has 1 heterocycles. The average molecular weight is 575 g/mol. The van der Waals surface area contributed by atoms with E-state index in [1.54, 1.807) is 0 Å². The van der Waals surface area contributed by atoms with Gasteiger partial charge in [0.2, 0.25) is 0 Å². The Labute approximate surface area is 252 Å². The molecule has 7 heteroatoms. The zero-order valence-electron chi connectivity index (χ0n) is 25.8. The number of rotatable bonds is 11. The lowest BCUT2D eigenvalue weighted by atomic mass is 9.91.